The highest BCUT2D eigenvalue weighted by atomic mass is 35.5. The van der Waals surface area contributed by atoms with Crippen molar-refractivity contribution in [3.05, 3.63) is 59.2 Å². The molecule has 33 heavy (non-hydrogen) atoms. The Morgan fingerprint density at radius 1 is 1.24 bits per heavy atom. The lowest BCUT2D eigenvalue weighted by Gasteiger charge is -2.16. The Balaban J connectivity index is 1.60. The fraction of sp³-hybridized carbons (Fsp3) is 0.182. The normalized spacial score (nSPS) is 12.8. The number of nitrogens with zero attached hydrogens (tertiary/aromatic N) is 4. The van der Waals surface area contributed by atoms with Crippen LogP contribution in [0, 0.1) is 11.3 Å². The molecule has 0 saturated heterocycles. The van der Waals surface area contributed by atoms with Crippen LogP contribution in [0.5, 0.6) is 0 Å². The highest BCUT2D eigenvalue weighted by molar-refractivity contribution is 7.89. The minimum Gasteiger partial charge on any atom is -0.325 e. The van der Waals surface area contributed by atoms with Crippen molar-refractivity contribution in [2.45, 2.75) is 17.7 Å². The van der Waals surface area contributed by atoms with Crippen LogP contribution >= 0.6 is 11.6 Å². The number of amides is 1. The van der Waals surface area contributed by atoms with E-state index in [1.807, 2.05) is 6.07 Å². The number of hydrogen-bond acceptors (Lipinski definition) is 7. The van der Waals surface area contributed by atoms with Gasteiger partial charge < -0.3 is 10.6 Å². The van der Waals surface area contributed by atoms with Crippen LogP contribution < -0.4 is 10.6 Å². The van der Waals surface area contributed by atoms with E-state index in [4.69, 9.17) is 16.9 Å². The van der Waals surface area contributed by atoms with E-state index in [0.717, 1.165) is 9.87 Å². The number of hydrogen-bond donors (Lipinski definition) is 2. The average Bonchev–Trinajstić information content (AvgIpc) is 2.92. The quantitative estimate of drug-likeness (QED) is 0.549. The van der Waals surface area contributed by atoms with E-state index in [2.05, 4.69) is 20.6 Å². The van der Waals surface area contributed by atoms with E-state index in [9.17, 15) is 13.2 Å². The van der Waals surface area contributed by atoms with Gasteiger partial charge in [0.25, 0.3) is 0 Å². The third kappa shape index (κ3) is 4.80. The summed E-state index contributed by atoms with van der Waals surface area (Å²) in [7, 11) is -2.25. The van der Waals surface area contributed by atoms with Crippen molar-refractivity contribution >= 4 is 44.9 Å². The number of halogens is 1. The van der Waals surface area contributed by atoms with Gasteiger partial charge in [-0.25, -0.2) is 18.4 Å². The maximum Gasteiger partial charge on any atom is 0.242 e. The van der Waals surface area contributed by atoms with Crippen LogP contribution in [0.15, 0.2) is 53.6 Å². The van der Waals surface area contributed by atoms with E-state index in [1.54, 1.807) is 36.5 Å². The summed E-state index contributed by atoms with van der Waals surface area (Å²) in [5, 5.41) is 15.1. The maximum absolute atomic E-state index is 12.6. The molecule has 1 aromatic heterocycles. The molecule has 4 rings (SSSR count). The third-order valence-corrected chi connectivity index (χ3v) is 7.19. The monoisotopic (exact) mass is 482 g/mol. The molecule has 0 bridgehead atoms. The molecule has 2 heterocycles. The zero-order chi connectivity index (χ0) is 23.6. The second-order valence-electron chi connectivity index (χ2n) is 7.37. The number of aromatic nitrogens is 2. The van der Waals surface area contributed by atoms with Gasteiger partial charge in [0, 0.05) is 48.0 Å². The first kappa shape index (κ1) is 22.7. The first-order valence-corrected chi connectivity index (χ1v) is 11.8. The Morgan fingerprint density at radius 2 is 2.00 bits per heavy atom. The highest BCUT2D eigenvalue weighted by Gasteiger charge is 2.22. The standard InChI is InChI=1S/C22H19ClN6O3S/c1-29(10-2-9-24)33(31,32)17-6-4-16(5-7-17)26-22-25-13-14-11-20(30)27-19-12-15(23)3-8-18(19)21(14)28-22/h3-8,12-13H,2,10-11H2,1H3,(H,27,30)(H,25,26,28). The molecule has 9 nitrogen and oxygen atoms in total. The maximum atomic E-state index is 12.6. The van der Waals surface area contributed by atoms with E-state index in [0.29, 0.717) is 33.6 Å². The summed E-state index contributed by atoms with van der Waals surface area (Å²) >= 11 is 6.08. The van der Waals surface area contributed by atoms with Crippen molar-refractivity contribution in [1.29, 1.82) is 5.26 Å². The molecule has 0 atom stereocenters. The number of fused-ring (bicyclic) bond motifs is 3. The smallest absolute Gasteiger partial charge is 0.242 e. The number of rotatable bonds is 6. The first-order chi connectivity index (χ1) is 15.8. The van der Waals surface area contributed by atoms with Crippen LogP contribution in [0.3, 0.4) is 0 Å². The minimum absolute atomic E-state index is 0.113. The average molecular weight is 483 g/mol. The van der Waals surface area contributed by atoms with Crippen LogP contribution in [0.4, 0.5) is 17.3 Å². The fourth-order valence-corrected chi connectivity index (χ4v) is 4.71. The lowest BCUT2D eigenvalue weighted by molar-refractivity contribution is -0.115. The minimum atomic E-state index is -3.69. The predicted molar refractivity (Wildman–Crippen MR) is 125 cm³/mol. The summed E-state index contributed by atoms with van der Waals surface area (Å²) in [5.41, 5.74) is 3.18. The number of nitrogens with one attached hydrogen (secondary N) is 2. The van der Waals surface area contributed by atoms with E-state index in [1.165, 1.54) is 19.2 Å². The molecule has 11 heteroatoms. The Kier molecular flexibility index (Phi) is 6.29. The molecule has 0 radical (unpaired) electrons. The first-order valence-electron chi connectivity index (χ1n) is 9.94. The summed E-state index contributed by atoms with van der Waals surface area (Å²) in [6.45, 7) is 0.117. The van der Waals surface area contributed by atoms with Gasteiger partial charge in [-0.15, -0.1) is 0 Å². The lowest BCUT2D eigenvalue weighted by Crippen LogP contribution is -2.27. The van der Waals surface area contributed by atoms with Gasteiger partial charge in [0.05, 0.1) is 28.8 Å². The van der Waals surface area contributed by atoms with Crippen molar-refractivity contribution in [1.82, 2.24) is 14.3 Å². The molecule has 0 fully saturated rings. The van der Waals surface area contributed by atoms with Gasteiger partial charge in [0.15, 0.2) is 0 Å². The van der Waals surface area contributed by atoms with Gasteiger partial charge in [0.2, 0.25) is 21.9 Å². The van der Waals surface area contributed by atoms with Gasteiger partial charge in [-0.05, 0) is 42.5 Å². The van der Waals surface area contributed by atoms with Crippen molar-refractivity contribution in [2.75, 3.05) is 24.2 Å². The molecule has 0 spiro atoms. The molecule has 0 aliphatic carbocycles. The van der Waals surface area contributed by atoms with E-state index < -0.39 is 10.0 Å². The summed E-state index contributed by atoms with van der Waals surface area (Å²) in [6.07, 6.45) is 1.84. The van der Waals surface area contributed by atoms with Crippen molar-refractivity contribution < 1.29 is 13.2 Å². The Morgan fingerprint density at radius 3 is 2.73 bits per heavy atom. The zero-order valence-corrected chi connectivity index (χ0v) is 19.1. The molecule has 1 amide bonds. The second-order valence-corrected chi connectivity index (χ2v) is 9.85. The van der Waals surface area contributed by atoms with Gasteiger partial charge in [0.1, 0.15) is 0 Å². The number of nitriles is 1. The molecule has 1 aliphatic rings. The number of benzene rings is 2. The van der Waals surface area contributed by atoms with E-state index in [-0.39, 0.29) is 30.2 Å². The predicted octanol–water partition coefficient (Wildman–Crippen LogP) is 3.57. The fourth-order valence-electron chi connectivity index (χ4n) is 3.37. The lowest BCUT2D eigenvalue weighted by atomic mass is 10.1. The molecular formula is C22H19ClN6O3S. The van der Waals surface area contributed by atoms with Gasteiger partial charge >= 0.3 is 0 Å². The SMILES string of the molecule is CN(CCC#N)S(=O)(=O)c1ccc(Nc2ncc3c(n2)-c2ccc(Cl)cc2NC(=O)C3)cc1. The topological polar surface area (TPSA) is 128 Å². The van der Waals surface area contributed by atoms with Crippen LogP contribution in [-0.4, -0.2) is 42.2 Å². The van der Waals surface area contributed by atoms with Crippen molar-refractivity contribution in [2.24, 2.45) is 0 Å². The molecule has 2 N–H and O–H groups in total. The number of carbonyl (C=O) groups is 1. The number of anilines is 3. The third-order valence-electron chi connectivity index (χ3n) is 5.08. The molecular weight excluding hydrogens is 464 g/mol. The Labute approximate surface area is 196 Å². The Bertz CT molecular complexity index is 1370. The highest BCUT2D eigenvalue weighted by Crippen LogP contribution is 2.35. The van der Waals surface area contributed by atoms with Crippen LogP contribution in [0.2, 0.25) is 5.02 Å². The molecule has 2 aromatic carbocycles. The van der Waals surface area contributed by atoms with Crippen LogP contribution in [0.1, 0.15) is 12.0 Å². The molecule has 0 unspecified atom stereocenters. The summed E-state index contributed by atoms with van der Waals surface area (Å²) in [5.74, 6) is 0.115. The molecule has 0 saturated carbocycles. The van der Waals surface area contributed by atoms with Crippen molar-refractivity contribution in [3.8, 4) is 17.3 Å². The van der Waals surface area contributed by atoms with Crippen LogP contribution in [-0.2, 0) is 21.2 Å². The Hall–Kier alpha value is -3.52. The number of sulfonamides is 1. The van der Waals surface area contributed by atoms with Gasteiger partial charge in [-0.2, -0.15) is 9.57 Å². The largest absolute Gasteiger partial charge is 0.325 e. The molecule has 168 valence electrons. The summed E-state index contributed by atoms with van der Waals surface area (Å²) in [4.78, 5) is 21.2. The van der Waals surface area contributed by atoms with E-state index >= 15 is 0 Å². The zero-order valence-electron chi connectivity index (χ0n) is 17.5. The molecule has 1 aliphatic heterocycles. The summed E-state index contributed by atoms with van der Waals surface area (Å²) < 4.78 is 26.3. The van der Waals surface area contributed by atoms with Gasteiger partial charge in [-0.3, -0.25) is 4.79 Å². The van der Waals surface area contributed by atoms with Crippen LogP contribution in [0.25, 0.3) is 11.3 Å². The number of carbonyl (C=O) groups excluding carboxylic acids is 1. The second kappa shape index (κ2) is 9.15. The molecule has 3 aromatic rings. The van der Waals surface area contributed by atoms with Crippen molar-refractivity contribution in [3.63, 3.8) is 0 Å². The van der Waals surface area contributed by atoms with Gasteiger partial charge in [-0.1, -0.05) is 11.6 Å². The summed E-state index contributed by atoms with van der Waals surface area (Å²) in [6, 6.07) is 13.3.